The molecule has 1 atom stereocenters. The van der Waals surface area contributed by atoms with Crippen molar-refractivity contribution in [1.29, 1.82) is 0 Å². The summed E-state index contributed by atoms with van der Waals surface area (Å²) in [5.74, 6) is 0.0930. The zero-order valence-electron chi connectivity index (χ0n) is 13.1. The molecule has 0 aliphatic carbocycles. The number of hydrogen-bond donors (Lipinski definition) is 1. The van der Waals surface area contributed by atoms with Gasteiger partial charge in [-0.2, -0.15) is 0 Å². The predicted octanol–water partition coefficient (Wildman–Crippen LogP) is 3.41. The highest BCUT2D eigenvalue weighted by Gasteiger charge is 2.23. The normalized spacial score (nSPS) is 18.0. The van der Waals surface area contributed by atoms with E-state index in [-0.39, 0.29) is 17.4 Å². The fraction of sp³-hybridized carbons (Fsp3) is 0.588. The molecule has 2 rings (SSSR count). The molecule has 1 N–H and O–H groups in total. The van der Waals surface area contributed by atoms with Crippen LogP contribution in [0.1, 0.15) is 46.1 Å². The summed E-state index contributed by atoms with van der Waals surface area (Å²) in [6.07, 6.45) is 2.41. The van der Waals surface area contributed by atoms with Crippen molar-refractivity contribution in [3.05, 3.63) is 29.8 Å². The SMILES string of the molecule is C[C@@H](C(=O)Nc1ccc(C(C)(C)C)cc1)N1CCCC1. The maximum atomic E-state index is 12.2. The number of carbonyl (C=O) groups is 1. The van der Waals surface area contributed by atoms with Crippen LogP contribution < -0.4 is 5.32 Å². The lowest BCUT2D eigenvalue weighted by Gasteiger charge is -2.23. The average Bonchev–Trinajstić information content (AvgIpc) is 2.91. The quantitative estimate of drug-likeness (QED) is 0.916. The highest BCUT2D eigenvalue weighted by atomic mass is 16.2. The van der Waals surface area contributed by atoms with Crippen molar-refractivity contribution in [3.63, 3.8) is 0 Å². The molecule has 1 saturated heterocycles. The van der Waals surface area contributed by atoms with Crippen molar-refractivity contribution in [2.45, 2.75) is 52.0 Å². The highest BCUT2D eigenvalue weighted by Crippen LogP contribution is 2.23. The monoisotopic (exact) mass is 274 g/mol. The molecule has 0 aromatic heterocycles. The molecule has 0 spiro atoms. The van der Waals surface area contributed by atoms with Crippen LogP contribution >= 0.6 is 0 Å². The number of amides is 1. The second kappa shape index (κ2) is 5.96. The second-order valence-corrected chi connectivity index (χ2v) is 6.74. The number of rotatable bonds is 3. The lowest BCUT2D eigenvalue weighted by atomic mass is 9.87. The number of anilines is 1. The summed E-state index contributed by atoms with van der Waals surface area (Å²) >= 11 is 0. The summed E-state index contributed by atoms with van der Waals surface area (Å²) < 4.78 is 0. The molecule has 0 radical (unpaired) electrons. The summed E-state index contributed by atoms with van der Waals surface area (Å²) in [6, 6.07) is 8.14. The molecular formula is C17H26N2O. The first-order valence-corrected chi connectivity index (χ1v) is 7.53. The standard InChI is InChI=1S/C17H26N2O/c1-13(19-11-5-6-12-19)16(20)18-15-9-7-14(8-10-15)17(2,3)4/h7-10,13H,5-6,11-12H2,1-4H3,(H,18,20)/t13-/m0/s1. The molecule has 1 aliphatic rings. The van der Waals surface area contributed by atoms with Gasteiger partial charge in [0.2, 0.25) is 5.91 Å². The van der Waals surface area contributed by atoms with Gasteiger partial charge in [-0.15, -0.1) is 0 Å². The van der Waals surface area contributed by atoms with Crippen LogP contribution in [0.3, 0.4) is 0 Å². The van der Waals surface area contributed by atoms with Gasteiger partial charge in [0.05, 0.1) is 6.04 Å². The molecule has 0 saturated carbocycles. The predicted molar refractivity (Wildman–Crippen MR) is 84.0 cm³/mol. The van der Waals surface area contributed by atoms with Gasteiger partial charge < -0.3 is 5.32 Å². The molecule has 110 valence electrons. The van der Waals surface area contributed by atoms with Crippen LogP contribution in [0.2, 0.25) is 0 Å². The summed E-state index contributed by atoms with van der Waals surface area (Å²) in [4.78, 5) is 14.5. The van der Waals surface area contributed by atoms with E-state index in [1.807, 2.05) is 19.1 Å². The molecule has 1 fully saturated rings. The van der Waals surface area contributed by atoms with Crippen molar-refractivity contribution < 1.29 is 4.79 Å². The van der Waals surface area contributed by atoms with Gasteiger partial charge in [0.1, 0.15) is 0 Å². The molecular weight excluding hydrogens is 248 g/mol. The zero-order valence-corrected chi connectivity index (χ0v) is 13.1. The first kappa shape index (κ1) is 15.0. The van der Waals surface area contributed by atoms with E-state index >= 15 is 0 Å². The summed E-state index contributed by atoms with van der Waals surface area (Å²) in [5.41, 5.74) is 2.31. The Hall–Kier alpha value is -1.35. The van der Waals surface area contributed by atoms with E-state index < -0.39 is 0 Å². The second-order valence-electron chi connectivity index (χ2n) is 6.74. The van der Waals surface area contributed by atoms with Gasteiger partial charge in [-0.1, -0.05) is 32.9 Å². The van der Waals surface area contributed by atoms with Crippen LogP contribution in [0, 0.1) is 0 Å². The van der Waals surface area contributed by atoms with Gasteiger partial charge in [0, 0.05) is 5.69 Å². The number of nitrogens with zero attached hydrogens (tertiary/aromatic N) is 1. The molecule has 1 amide bonds. The van der Waals surface area contributed by atoms with E-state index in [1.165, 1.54) is 18.4 Å². The Bertz CT molecular complexity index is 453. The van der Waals surface area contributed by atoms with Gasteiger partial charge >= 0.3 is 0 Å². The zero-order chi connectivity index (χ0) is 14.8. The molecule has 3 nitrogen and oxygen atoms in total. The molecule has 1 aromatic carbocycles. The highest BCUT2D eigenvalue weighted by molar-refractivity contribution is 5.94. The third-order valence-electron chi connectivity index (χ3n) is 4.09. The third kappa shape index (κ3) is 3.60. The molecule has 1 aromatic rings. The number of benzene rings is 1. The van der Waals surface area contributed by atoms with Crippen molar-refractivity contribution in [2.24, 2.45) is 0 Å². The summed E-state index contributed by atoms with van der Waals surface area (Å²) in [7, 11) is 0. The largest absolute Gasteiger partial charge is 0.325 e. The smallest absolute Gasteiger partial charge is 0.241 e. The minimum atomic E-state index is -0.0419. The van der Waals surface area contributed by atoms with E-state index in [4.69, 9.17) is 0 Å². The van der Waals surface area contributed by atoms with Crippen LogP contribution in [0.5, 0.6) is 0 Å². The molecule has 0 bridgehead atoms. The lowest BCUT2D eigenvalue weighted by molar-refractivity contribution is -0.120. The van der Waals surface area contributed by atoms with E-state index in [1.54, 1.807) is 0 Å². The number of likely N-dealkylation sites (tertiary alicyclic amines) is 1. The Labute approximate surface area is 122 Å². The molecule has 3 heteroatoms. The number of hydrogen-bond acceptors (Lipinski definition) is 2. The first-order valence-electron chi connectivity index (χ1n) is 7.53. The first-order chi connectivity index (χ1) is 9.38. The van der Waals surface area contributed by atoms with Crippen molar-refractivity contribution in [1.82, 2.24) is 4.90 Å². The van der Waals surface area contributed by atoms with Gasteiger partial charge in [-0.3, -0.25) is 9.69 Å². The van der Waals surface area contributed by atoms with Crippen molar-refractivity contribution >= 4 is 11.6 Å². The lowest BCUT2D eigenvalue weighted by Crippen LogP contribution is -2.40. The van der Waals surface area contributed by atoms with Gasteiger partial charge in [0.25, 0.3) is 0 Å². The van der Waals surface area contributed by atoms with Gasteiger partial charge in [-0.25, -0.2) is 0 Å². The Kier molecular flexibility index (Phi) is 4.48. The fourth-order valence-corrected chi connectivity index (χ4v) is 2.59. The molecule has 1 heterocycles. The minimum absolute atomic E-state index is 0.0419. The summed E-state index contributed by atoms with van der Waals surface area (Å²) in [5, 5.41) is 3.02. The molecule has 0 unspecified atom stereocenters. The Balaban J connectivity index is 1.97. The van der Waals surface area contributed by atoms with Gasteiger partial charge in [0.15, 0.2) is 0 Å². The minimum Gasteiger partial charge on any atom is -0.325 e. The van der Waals surface area contributed by atoms with Crippen LogP contribution in [0.15, 0.2) is 24.3 Å². The van der Waals surface area contributed by atoms with Crippen LogP contribution in [-0.4, -0.2) is 29.9 Å². The van der Waals surface area contributed by atoms with Crippen LogP contribution in [0.25, 0.3) is 0 Å². The third-order valence-corrected chi connectivity index (χ3v) is 4.09. The van der Waals surface area contributed by atoms with Crippen LogP contribution in [0.4, 0.5) is 5.69 Å². The number of carbonyl (C=O) groups excluding carboxylic acids is 1. The summed E-state index contributed by atoms with van der Waals surface area (Å²) in [6.45, 7) is 10.6. The van der Waals surface area contributed by atoms with Crippen LogP contribution in [-0.2, 0) is 10.2 Å². The maximum Gasteiger partial charge on any atom is 0.241 e. The van der Waals surface area contributed by atoms with E-state index in [0.29, 0.717) is 0 Å². The van der Waals surface area contributed by atoms with E-state index in [9.17, 15) is 4.79 Å². The Morgan fingerprint density at radius 2 is 1.70 bits per heavy atom. The fourth-order valence-electron chi connectivity index (χ4n) is 2.59. The number of nitrogens with one attached hydrogen (secondary N) is 1. The van der Waals surface area contributed by atoms with Crippen molar-refractivity contribution in [3.8, 4) is 0 Å². The topological polar surface area (TPSA) is 32.3 Å². The van der Waals surface area contributed by atoms with E-state index in [2.05, 4.69) is 43.1 Å². The van der Waals surface area contributed by atoms with Gasteiger partial charge in [-0.05, 0) is 56.0 Å². The van der Waals surface area contributed by atoms with Crippen molar-refractivity contribution in [2.75, 3.05) is 18.4 Å². The molecule has 20 heavy (non-hydrogen) atoms. The average molecular weight is 274 g/mol. The maximum absolute atomic E-state index is 12.2. The Morgan fingerprint density at radius 1 is 1.15 bits per heavy atom. The molecule has 1 aliphatic heterocycles. The van der Waals surface area contributed by atoms with E-state index in [0.717, 1.165) is 18.8 Å². The Morgan fingerprint density at radius 3 is 2.20 bits per heavy atom.